The first kappa shape index (κ1) is 14.4. The third-order valence-corrected chi connectivity index (χ3v) is 3.32. The molecule has 1 aromatic carbocycles. The van der Waals surface area contributed by atoms with Gasteiger partial charge in [0.2, 0.25) is 0 Å². The second-order valence-corrected chi connectivity index (χ2v) is 4.38. The highest BCUT2D eigenvalue weighted by atomic mass is 16.5. The summed E-state index contributed by atoms with van der Waals surface area (Å²) in [6.07, 6.45) is 0.829. The first-order valence-corrected chi connectivity index (χ1v) is 6.10. The van der Waals surface area contributed by atoms with Crippen molar-refractivity contribution in [2.75, 3.05) is 20.7 Å². The van der Waals surface area contributed by atoms with Gasteiger partial charge in [-0.25, -0.2) is 4.79 Å². The minimum absolute atomic E-state index is 0.143. The van der Waals surface area contributed by atoms with Crippen molar-refractivity contribution in [2.45, 2.75) is 27.2 Å². The molecular formula is C14H22N2O2. The molecule has 1 rings (SSSR count). The monoisotopic (exact) mass is 250 g/mol. The molecule has 2 amide bonds. The lowest BCUT2D eigenvalue weighted by Gasteiger charge is -2.16. The molecule has 0 saturated heterocycles. The lowest BCUT2D eigenvalue weighted by Crippen LogP contribution is -2.34. The minimum atomic E-state index is -0.143. The SMILES string of the molecule is CNC(=O)NCCc1c(C)cc(OC)c(C)c1C. The van der Waals surface area contributed by atoms with Crippen LogP contribution in [0.2, 0.25) is 0 Å². The van der Waals surface area contributed by atoms with Gasteiger partial charge < -0.3 is 15.4 Å². The van der Waals surface area contributed by atoms with E-state index in [1.165, 1.54) is 16.7 Å². The van der Waals surface area contributed by atoms with E-state index in [4.69, 9.17) is 4.74 Å². The van der Waals surface area contributed by atoms with Gasteiger partial charge in [-0.2, -0.15) is 0 Å². The van der Waals surface area contributed by atoms with Gasteiger partial charge in [0.25, 0.3) is 0 Å². The van der Waals surface area contributed by atoms with Crippen molar-refractivity contribution in [1.29, 1.82) is 0 Å². The molecule has 0 saturated carbocycles. The Bertz CT molecular complexity index is 442. The predicted octanol–water partition coefficient (Wildman–Crippen LogP) is 2.09. The van der Waals surface area contributed by atoms with Crippen molar-refractivity contribution in [3.05, 3.63) is 28.3 Å². The van der Waals surface area contributed by atoms with Crippen molar-refractivity contribution >= 4 is 6.03 Å². The number of carbonyl (C=O) groups excluding carboxylic acids is 1. The molecular weight excluding hydrogens is 228 g/mol. The van der Waals surface area contributed by atoms with Crippen molar-refractivity contribution in [3.8, 4) is 5.75 Å². The highest BCUT2D eigenvalue weighted by Crippen LogP contribution is 2.27. The molecule has 2 N–H and O–H groups in total. The normalized spacial score (nSPS) is 10.1. The number of aryl methyl sites for hydroxylation is 1. The first-order valence-electron chi connectivity index (χ1n) is 6.10. The Morgan fingerprint density at radius 1 is 1.28 bits per heavy atom. The zero-order chi connectivity index (χ0) is 13.7. The van der Waals surface area contributed by atoms with Gasteiger partial charge in [-0.1, -0.05) is 0 Å². The Labute approximate surface area is 109 Å². The van der Waals surface area contributed by atoms with Crippen molar-refractivity contribution in [2.24, 2.45) is 0 Å². The topological polar surface area (TPSA) is 50.4 Å². The van der Waals surface area contributed by atoms with Gasteiger partial charge in [0.1, 0.15) is 5.75 Å². The van der Waals surface area contributed by atoms with Crippen LogP contribution in [-0.4, -0.2) is 26.7 Å². The molecule has 0 bridgehead atoms. The number of hydrogen-bond acceptors (Lipinski definition) is 2. The summed E-state index contributed by atoms with van der Waals surface area (Å²) in [7, 11) is 3.30. The van der Waals surface area contributed by atoms with E-state index in [2.05, 4.69) is 37.5 Å². The number of carbonyl (C=O) groups is 1. The van der Waals surface area contributed by atoms with E-state index in [0.29, 0.717) is 6.54 Å². The Morgan fingerprint density at radius 2 is 1.94 bits per heavy atom. The standard InChI is InChI=1S/C14H22N2O2/c1-9-8-13(18-5)11(3)10(2)12(9)6-7-16-14(17)15-4/h8H,6-7H2,1-5H3,(H2,15,16,17). The molecule has 0 unspecified atom stereocenters. The molecule has 0 heterocycles. The van der Waals surface area contributed by atoms with Gasteiger partial charge in [-0.05, 0) is 55.5 Å². The number of amides is 2. The van der Waals surface area contributed by atoms with Crippen LogP contribution in [0.3, 0.4) is 0 Å². The van der Waals surface area contributed by atoms with Crippen LogP contribution in [0.25, 0.3) is 0 Å². The van der Waals surface area contributed by atoms with Crippen LogP contribution in [0.5, 0.6) is 5.75 Å². The molecule has 0 aliphatic rings. The molecule has 1 aromatic rings. The summed E-state index contributed by atoms with van der Waals surface area (Å²) in [6.45, 7) is 6.86. The van der Waals surface area contributed by atoms with Crippen molar-refractivity contribution in [3.63, 3.8) is 0 Å². The van der Waals surface area contributed by atoms with Crippen LogP contribution in [0.4, 0.5) is 4.79 Å². The smallest absolute Gasteiger partial charge is 0.314 e. The maximum atomic E-state index is 11.1. The summed E-state index contributed by atoms with van der Waals surface area (Å²) >= 11 is 0. The third-order valence-electron chi connectivity index (χ3n) is 3.32. The van der Waals surface area contributed by atoms with E-state index in [-0.39, 0.29) is 6.03 Å². The van der Waals surface area contributed by atoms with E-state index in [9.17, 15) is 4.79 Å². The minimum Gasteiger partial charge on any atom is -0.496 e. The highest BCUT2D eigenvalue weighted by molar-refractivity contribution is 5.73. The molecule has 0 aromatic heterocycles. The molecule has 4 heteroatoms. The lowest BCUT2D eigenvalue weighted by molar-refractivity contribution is 0.243. The largest absolute Gasteiger partial charge is 0.496 e. The fourth-order valence-corrected chi connectivity index (χ4v) is 2.09. The predicted molar refractivity (Wildman–Crippen MR) is 73.4 cm³/mol. The molecule has 0 fully saturated rings. The maximum Gasteiger partial charge on any atom is 0.314 e. The number of benzene rings is 1. The van der Waals surface area contributed by atoms with Crippen LogP contribution in [0.1, 0.15) is 22.3 Å². The number of nitrogens with one attached hydrogen (secondary N) is 2. The average Bonchev–Trinajstić information content (AvgIpc) is 2.37. The van der Waals surface area contributed by atoms with Gasteiger partial charge in [0.05, 0.1) is 7.11 Å². The lowest BCUT2D eigenvalue weighted by atomic mass is 9.95. The molecule has 0 spiro atoms. The molecule has 4 nitrogen and oxygen atoms in total. The summed E-state index contributed by atoms with van der Waals surface area (Å²) in [5.74, 6) is 0.924. The van der Waals surface area contributed by atoms with E-state index in [1.54, 1.807) is 14.2 Å². The van der Waals surface area contributed by atoms with Gasteiger partial charge in [0, 0.05) is 13.6 Å². The van der Waals surface area contributed by atoms with Gasteiger partial charge >= 0.3 is 6.03 Å². The Balaban J connectivity index is 2.83. The summed E-state index contributed by atoms with van der Waals surface area (Å²) in [5, 5.41) is 5.34. The van der Waals surface area contributed by atoms with Crippen LogP contribution in [-0.2, 0) is 6.42 Å². The second kappa shape index (κ2) is 6.28. The fourth-order valence-electron chi connectivity index (χ4n) is 2.09. The third kappa shape index (κ3) is 3.15. The summed E-state index contributed by atoms with van der Waals surface area (Å²) in [6, 6.07) is 1.91. The average molecular weight is 250 g/mol. The van der Waals surface area contributed by atoms with E-state index in [1.807, 2.05) is 0 Å². The van der Waals surface area contributed by atoms with Crippen LogP contribution in [0, 0.1) is 20.8 Å². The van der Waals surface area contributed by atoms with Crippen molar-refractivity contribution < 1.29 is 9.53 Å². The fraction of sp³-hybridized carbons (Fsp3) is 0.500. The summed E-state index contributed by atoms with van der Waals surface area (Å²) in [5.41, 5.74) is 4.89. The molecule has 100 valence electrons. The highest BCUT2D eigenvalue weighted by Gasteiger charge is 2.10. The maximum absolute atomic E-state index is 11.1. The Kier molecular flexibility index (Phi) is 5.01. The number of hydrogen-bond donors (Lipinski definition) is 2. The molecule has 0 aliphatic heterocycles. The van der Waals surface area contributed by atoms with Crippen LogP contribution < -0.4 is 15.4 Å². The summed E-state index contributed by atoms with van der Waals surface area (Å²) in [4.78, 5) is 11.1. The van der Waals surface area contributed by atoms with E-state index >= 15 is 0 Å². The first-order chi connectivity index (χ1) is 8.51. The molecule has 0 atom stereocenters. The molecule has 18 heavy (non-hydrogen) atoms. The van der Waals surface area contributed by atoms with E-state index < -0.39 is 0 Å². The number of urea groups is 1. The number of methoxy groups -OCH3 is 1. The summed E-state index contributed by atoms with van der Waals surface area (Å²) < 4.78 is 5.34. The number of rotatable bonds is 4. The zero-order valence-corrected chi connectivity index (χ0v) is 11.8. The quantitative estimate of drug-likeness (QED) is 0.859. The Morgan fingerprint density at radius 3 is 2.50 bits per heavy atom. The zero-order valence-electron chi connectivity index (χ0n) is 11.8. The molecule has 0 radical (unpaired) electrons. The van der Waals surface area contributed by atoms with Gasteiger partial charge in [-0.3, -0.25) is 0 Å². The van der Waals surface area contributed by atoms with E-state index in [0.717, 1.165) is 17.7 Å². The van der Waals surface area contributed by atoms with Crippen molar-refractivity contribution in [1.82, 2.24) is 10.6 Å². The Hall–Kier alpha value is -1.71. The second-order valence-electron chi connectivity index (χ2n) is 4.38. The van der Waals surface area contributed by atoms with Crippen LogP contribution in [0.15, 0.2) is 6.07 Å². The number of ether oxygens (including phenoxy) is 1. The molecule has 0 aliphatic carbocycles. The van der Waals surface area contributed by atoms with Gasteiger partial charge in [0.15, 0.2) is 0 Å². The van der Waals surface area contributed by atoms with Gasteiger partial charge in [-0.15, -0.1) is 0 Å². The van der Waals surface area contributed by atoms with Crippen LogP contribution >= 0.6 is 0 Å².